The maximum absolute atomic E-state index is 13.5. The lowest BCUT2D eigenvalue weighted by molar-refractivity contribution is -0.142. The Morgan fingerprint density at radius 1 is 1.17 bits per heavy atom. The van der Waals surface area contributed by atoms with E-state index in [4.69, 9.17) is 5.11 Å². The Morgan fingerprint density at radius 3 is 2.44 bits per heavy atom. The van der Waals surface area contributed by atoms with Crippen LogP contribution >= 0.6 is 0 Å². The summed E-state index contributed by atoms with van der Waals surface area (Å²) in [4.78, 5) is 23.0. The van der Waals surface area contributed by atoms with Gasteiger partial charge in [-0.1, -0.05) is 6.42 Å². The molecule has 3 nitrogen and oxygen atoms in total. The summed E-state index contributed by atoms with van der Waals surface area (Å²) in [5, 5.41) is 8.99. The molecule has 0 spiro atoms. The number of benzene rings is 1. The molecule has 1 aliphatic carbocycles. The van der Waals surface area contributed by atoms with Crippen molar-refractivity contribution in [3.05, 3.63) is 35.4 Å². The highest BCUT2D eigenvalue weighted by Gasteiger charge is 2.38. The monoisotopic (exact) mass is 254 g/mol. The van der Waals surface area contributed by atoms with Crippen molar-refractivity contribution in [1.82, 2.24) is 0 Å². The van der Waals surface area contributed by atoms with Crippen LogP contribution in [0.2, 0.25) is 0 Å². The van der Waals surface area contributed by atoms with E-state index in [-0.39, 0.29) is 5.56 Å². The molecule has 2 unspecified atom stereocenters. The summed E-state index contributed by atoms with van der Waals surface area (Å²) in [6.45, 7) is 0. The number of carbonyl (C=O) groups is 2. The van der Waals surface area contributed by atoms with Crippen LogP contribution in [0.3, 0.4) is 0 Å². The van der Waals surface area contributed by atoms with Gasteiger partial charge in [0.25, 0.3) is 0 Å². The van der Waals surface area contributed by atoms with Gasteiger partial charge in [-0.15, -0.1) is 0 Å². The maximum atomic E-state index is 13.5. The molecule has 18 heavy (non-hydrogen) atoms. The molecule has 0 aliphatic heterocycles. The quantitative estimate of drug-likeness (QED) is 0.843. The number of carboxylic acids is 1. The van der Waals surface area contributed by atoms with Crippen LogP contribution in [0.1, 0.15) is 29.6 Å². The molecule has 1 aromatic carbocycles. The number of carboxylic acid groups (broad SMARTS) is 1. The fourth-order valence-corrected chi connectivity index (χ4v) is 2.46. The second-order valence-electron chi connectivity index (χ2n) is 4.47. The van der Waals surface area contributed by atoms with Gasteiger partial charge in [0.05, 0.1) is 11.5 Å². The van der Waals surface area contributed by atoms with E-state index in [2.05, 4.69) is 0 Å². The minimum atomic E-state index is -1.03. The van der Waals surface area contributed by atoms with Crippen LogP contribution in [0.5, 0.6) is 0 Å². The Hall–Kier alpha value is -1.78. The lowest BCUT2D eigenvalue weighted by Crippen LogP contribution is -2.26. The van der Waals surface area contributed by atoms with Gasteiger partial charge in [-0.05, 0) is 25.0 Å². The summed E-state index contributed by atoms with van der Waals surface area (Å²) in [7, 11) is 0. The van der Waals surface area contributed by atoms with Crippen LogP contribution < -0.4 is 0 Å². The van der Waals surface area contributed by atoms with Crippen molar-refractivity contribution in [2.24, 2.45) is 11.8 Å². The third-order valence-corrected chi connectivity index (χ3v) is 3.37. The maximum Gasteiger partial charge on any atom is 0.307 e. The van der Waals surface area contributed by atoms with Gasteiger partial charge in [-0.25, -0.2) is 8.78 Å². The van der Waals surface area contributed by atoms with Gasteiger partial charge in [0.2, 0.25) is 0 Å². The smallest absolute Gasteiger partial charge is 0.307 e. The molecule has 2 rings (SSSR count). The van der Waals surface area contributed by atoms with Gasteiger partial charge < -0.3 is 5.11 Å². The number of halogens is 2. The third-order valence-electron chi connectivity index (χ3n) is 3.37. The summed E-state index contributed by atoms with van der Waals surface area (Å²) in [6, 6.07) is 2.71. The average Bonchev–Trinajstić information content (AvgIpc) is 2.77. The molecule has 96 valence electrons. The van der Waals surface area contributed by atoms with Gasteiger partial charge in [0.15, 0.2) is 5.78 Å². The number of rotatable bonds is 3. The van der Waals surface area contributed by atoms with Gasteiger partial charge in [-0.3, -0.25) is 9.59 Å². The van der Waals surface area contributed by atoms with Gasteiger partial charge >= 0.3 is 5.97 Å². The molecular weight excluding hydrogens is 242 g/mol. The molecule has 1 fully saturated rings. The number of aliphatic carboxylic acids is 1. The summed E-state index contributed by atoms with van der Waals surface area (Å²) in [6.07, 6.45) is 1.50. The van der Waals surface area contributed by atoms with Crippen LogP contribution in [0, 0.1) is 23.5 Å². The standard InChI is InChI=1S/C13H12F2O3/c14-7-4-5-10(11(15)6-7)12(16)8-2-1-3-9(8)13(17)18/h4-6,8-9H,1-3H2,(H,17,18). The molecule has 2 atom stereocenters. The SMILES string of the molecule is O=C(O)C1CCCC1C(=O)c1ccc(F)cc1F. The average molecular weight is 254 g/mol. The van der Waals surface area contributed by atoms with E-state index in [1.54, 1.807) is 0 Å². The van der Waals surface area contributed by atoms with Gasteiger partial charge in [-0.2, -0.15) is 0 Å². The predicted molar refractivity (Wildman–Crippen MR) is 59.2 cm³/mol. The lowest BCUT2D eigenvalue weighted by atomic mass is 9.88. The Balaban J connectivity index is 2.28. The fourth-order valence-electron chi connectivity index (χ4n) is 2.46. The molecule has 0 amide bonds. The molecule has 1 saturated carbocycles. The lowest BCUT2D eigenvalue weighted by Gasteiger charge is -2.14. The summed E-state index contributed by atoms with van der Waals surface area (Å²) in [5.74, 6) is -4.74. The number of carbonyl (C=O) groups excluding carboxylic acids is 1. The second-order valence-corrected chi connectivity index (χ2v) is 4.47. The zero-order valence-electron chi connectivity index (χ0n) is 9.53. The fraction of sp³-hybridized carbons (Fsp3) is 0.385. The van der Waals surface area contributed by atoms with Crippen molar-refractivity contribution in [2.75, 3.05) is 0 Å². The van der Waals surface area contributed by atoms with Crippen molar-refractivity contribution in [3.8, 4) is 0 Å². The Bertz CT molecular complexity index is 499. The molecule has 0 radical (unpaired) electrons. The Kier molecular flexibility index (Phi) is 3.41. The highest BCUT2D eigenvalue weighted by Crippen LogP contribution is 2.34. The van der Waals surface area contributed by atoms with E-state index in [1.807, 2.05) is 0 Å². The van der Waals surface area contributed by atoms with Crippen molar-refractivity contribution < 1.29 is 23.5 Å². The van der Waals surface area contributed by atoms with Crippen molar-refractivity contribution in [1.29, 1.82) is 0 Å². The zero-order chi connectivity index (χ0) is 13.3. The van der Waals surface area contributed by atoms with Crippen LogP contribution in [0.25, 0.3) is 0 Å². The van der Waals surface area contributed by atoms with Gasteiger partial charge in [0, 0.05) is 12.0 Å². The molecule has 5 heteroatoms. The molecule has 0 heterocycles. The highest BCUT2D eigenvalue weighted by molar-refractivity contribution is 6.00. The summed E-state index contributed by atoms with van der Waals surface area (Å²) < 4.78 is 26.2. The molecule has 0 aromatic heterocycles. The number of hydrogen-bond donors (Lipinski definition) is 1. The van der Waals surface area contributed by atoms with Crippen LogP contribution in [0.15, 0.2) is 18.2 Å². The first-order valence-electron chi connectivity index (χ1n) is 5.73. The van der Waals surface area contributed by atoms with Crippen molar-refractivity contribution in [2.45, 2.75) is 19.3 Å². The first-order chi connectivity index (χ1) is 8.50. The van der Waals surface area contributed by atoms with E-state index in [0.717, 1.165) is 12.1 Å². The summed E-state index contributed by atoms with van der Waals surface area (Å²) in [5.41, 5.74) is -0.227. The number of ketones is 1. The van der Waals surface area contributed by atoms with E-state index in [0.29, 0.717) is 25.3 Å². The third kappa shape index (κ3) is 2.25. The van der Waals surface area contributed by atoms with E-state index in [9.17, 15) is 18.4 Å². The largest absolute Gasteiger partial charge is 0.481 e. The topological polar surface area (TPSA) is 54.4 Å². The number of hydrogen-bond acceptors (Lipinski definition) is 2. The molecule has 0 saturated heterocycles. The second kappa shape index (κ2) is 4.84. The first kappa shape index (κ1) is 12.7. The van der Waals surface area contributed by atoms with Crippen LogP contribution in [0.4, 0.5) is 8.78 Å². The first-order valence-corrected chi connectivity index (χ1v) is 5.73. The Labute approximate surface area is 102 Å². The van der Waals surface area contributed by atoms with E-state index >= 15 is 0 Å². The normalized spacial score (nSPS) is 23.0. The van der Waals surface area contributed by atoms with Crippen LogP contribution in [-0.2, 0) is 4.79 Å². The van der Waals surface area contributed by atoms with Crippen molar-refractivity contribution >= 4 is 11.8 Å². The molecule has 1 aliphatic rings. The Morgan fingerprint density at radius 2 is 1.83 bits per heavy atom. The zero-order valence-corrected chi connectivity index (χ0v) is 9.53. The molecular formula is C13H12F2O3. The summed E-state index contributed by atoms with van der Waals surface area (Å²) >= 11 is 0. The minimum Gasteiger partial charge on any atom is -0.481 e. The van der Waals surface area contributed by atoms with E-state index < -0.39 is 35.2 Å². The van der Waals surface area contributed by atoms with Gasteiger partial charge in [0.1, 0.15) is 11.6 Å². The molecule has 1 aromatic rings. The molecule has 0 bridgehead atoms. The minimum absolute atomic E-state index is 0.227. The van der Waals surface area contributed by atoms with Crippen molar-refractivity contribution in [3.63, 3.8) is 0 Å². The predicted octanol–water partition coefficient (Wildman–Crippen LogP) is 2.65. The van der Waals surface area contributed by atoms with Crippen LogP contribution in [-0.4, -0.2) is 16.9 Å². The molecule has 1 N–H and O–H groups in total. The highest BCUT2D eigenvalue weighted by atomic mass is 19.1. The number of Topliss-reactive ketones (excluding diaryl/α,β-unsaturated/α-hetero) is 1. The van der Waals surface area contributed by atoms with E-state index in [1.165, 1.54) is 0 Å².